The Hall–Kier alpha value is -1.77. The van der Waals surface area contributed by atoms with Crippen molar-refractivity contribution < 1.29 is 9.53 Å². The van der Waals surface area contributed by atoms with Gasteiger partial charge in [-0.1, -0.05) is 17.7 Å². The van der Waals surface area contributed by atoms with Crippen molar-refractivity contribution in [3.63, 3.8) is 0 Å². The molecule has 1 N–H and O–H groups in total. The molecule has 1 heterocycles. The first-order chi connectivity index (χ1) is 7.75. The van der Waals surface area contributed by atoms with Gasteiger partial charge in [0.05, 0.1) is 18.4 Å². The quantitative estimate of drug-likeness (QED) is 0.827. The summed E-state index contributed by atoms with van der Waals surface area (Å²) in [4.78, 5) is 11.8. The van der Waals surface area contributed by atoms with Crippen molar-refractivity contribution in [2.45, 2.75) is 19.8 Å². The summed E-state index contributed by atoms with van der Waals surface area (Å²) in [5.74, 6) is -0.0662. The second-order valence-electron chi connectivity index (χ2n) is 3.94. The summed E-state index contributed by atoms with van der Waals surface area (Å²) in [7, 11) is 0. The molecule has 1 aliphatic heterocycles. The summed E-state index contributed by atoms with van der Waals surface area (Å²) >= 11 is 0. The SMILES string of the molecule is Cc1ccc(NC(=O)C2=COCCC2)cc1. The molecule has 0 aliphatic carbocycles. The molecule has 2 rings (SSSR count). The van der Waals surface area contributed by atoms with Crippen LogP contribution in [0.2, 0.25) is 0 Å². The third-order valence-electron chi connectivity index (χ3n) is 2.53. The maximum absolute atomic E-state index is 11.8. The molecule has 0 saturated heterocycles. The first-order valence-corrected chi connectivity index (χ1v) is 5.44. The Labute approximate surface area is 95.1 Å². The average Bonchev–Trinajstić information content (AvgIpc) is 2.33. The molecule has 1 aliphatic rings. The Morgan fingerprint density at radius 3 is 2.69 bits per heavy atom. The minimum Gasteiger partial charge on any atom is -0.501 e. The van der Waals surface area contributed by atoms with Crippen molar-refractivity contribution in [3.05, 3.63) is 41.7 Å². The molecule has 0 unspecified atom stereocenters. The van der Waals surface area contributed by atoms with Gasteiger partial charge in [0.25, 0.3) is 5.91 Å². The van der Waals surface area contributed by atoms with E-state index in [2.05, 4.69) is 5.32 Å². The number of aryl methyl sites for hydroxylation is 1. The van der Waals surface area contributed by atoms with Crippen LogP contribution >= 0.6 is 0 Å². The monoisotopic (exact) mass is 217 g/mol. The summed E-state index contributed by atoms with van der Waals surface area (Å²) < 4.78 is 5.14. The van der Waals surface area contributed by atoms with Crippen molar-refractivity contribution in [2.75, 3.05) is 11.9 Å². The van der Waals surface area contributed by atoms with Gasteiger partial charge < -0.3 is 10.1 Å². The summed E-state index contributed by atoms with van der Waals surface area (Å²) in [5, 5.41) is 2.85. The van der Waals surface area contributed by atoms with Gasteiger partial charge in [-0.2, -0.15) is 0 Å². The molecule has 0 atom stereocenters. The second-order valence-corrected chi connectivity index (χ2v) is 3.94. The van der Waals surface area contributed by atoms with E-state index in [0.717, 1.165) is 18.5 Å². The topological polar surface area (TPSA) is 38.3 Å². The first-order valence-electron chi connectivity index (χ1n) is 5.44. The van der Waals surface area contributed by atoms with Crippen LogP contribution in [-0.4, -0.2) is 12.5 Å². The lowest BCUT2D eigenvalue weighted by molar-refractivity contribution is -0.113. The van der Waals surface area contributed by atoms with E-state index in [-0.39, 0.29) is 5.91 Å². The lowest BCUT2D eigenvalue weighted by Gasteiger charge is -2.13. The maximum Gasteiger partial charge on any atom is 0.254 e. The van der Waals surface area contributed by atoms with Gasteiger partial charge in [-0.25, -0.2) is 0 Å². The molecule has 16 heavy (non-hydrogen) atoms. The number of benzene rings is 1. The number of ether oxygens (including phenoxy) is 1. The average molecular weight is 217 g/mol. The molecule has 0 spiro atoms. The van der Waals surface area contributed by atoms with E-state index in [1.54, 1.807) is 6.26 Å². The Bertz CT molecular complexity index is 406. The third kappa shape index (κ3) is 2.63. The number of hydrogen-bond acceptors (Lipinski definition) is 2. The predicted molar refractivity (Wildman–Crippen MR) is 63.1 cm³/mol. The molecule has 0 saturated carbocycles. The van der Waals surface area contributed by atoms with Crippen LogP contribution in [0.1, 0.15) is 18.4 Å². The fourth-order valence-corrected chi connectivity index (χ4v) is 1.58. The van der Waals surface area contributed by atoms with E-state index >= 15 is 0 Å². The van der Waals surface area contributed by atoms with Crippen molar-refractivity contribution in [1.29, 1.82) is 0 Å². The smallest absolute Gasteiger partial charge is 0.254 e. The summed E-state index contributed by atoms with van der Waals surface area (Å²) in [6, 6.07) is 7.75. The van der Waals surface area contributed by atoms with Gasteiger partial charge in [-0.3, -0.25) is 4.79 Å². The highest BCUT2D eigenvalue weighted by atomic mass is 16.5. The van der Waals surface area contributed by atoms with E-state index in [4.69, 9.17) is 4.74 Å². The molecule has 84 valence electrons. The zero-order chi connectivity index (χ0) is 11.4. The minimum absolute atomic E-state index is 0.0662. The highest BCUT2D eigenvalue weighted by molar-refractivity contribution is 6.03. The molecule has 0 bridgehead atoms. The van der Waals surface area contributed by atoms with E-state index < -0.39 is 0 Å². The van der Waals surface area contributed by atoms with Gasteiger partial charge in [0.1, 0.15) is 0 Å². The first kappa shape index (κ1) is 10.7. The number of nitrogens with one attached hydrogen (secondary N) is 1. The van der Waals surface area contributed by atoms with Gasteiger partial charge in [-0.15, -0.1) is 0 Å². The highest BCUT2D eigenvalue weighted by Crippen LogP contribution is 2.15. The highest BCUT2D eigenvalue weighted by Gasteiger charge is 2.13. The second kappa shape index (κ2) is 4.84. The number of carbonyl (C=O) groups excluding carboxylic acids is 1. The molecule has 0 fully saturated rings. The van der Waals surface area contributed by atoms with Crippen LogP contribution in [0, 0.1) is 6.92 Å². The standard InChI is InChI=1S/C13H15NO2/c1-10-4-6-12(7-5-10)14-13(15)11-3-2-8-16-9-11/h4-7,9H,2-3,8H2,1H3,(H,14,15). The van der Waals surface area contributed by atoms with Crippen molar-refractivity contribution in [3.8, 4) is 0 Å². The molecule has 1 aromatic carbocycles. The van der Waals surface area contributed by atoms with Crippen LogP contribution in [0.5, 0.6) is 0 Å². The van der Waals surface area contributed by atoms with Crippen LogP contribution in [0.25, 0.3) is 0 Å². The normalized spacial score (nSPS) is 14.9. The molecule has 1 aromatic rings. The Balaban J connectivity index is 2.01. The molecule has 0 radical (unpaired) electrons. The van der Waals surface area contributed by atoms with Gasteiger partial charge in [0.15, 0.2) is 0 Å². The third-order valence-corrected chi connectivity index (χ3v) is 2.53. The van der Waals surface area contributed by atoms with Gasteiger partial charge >= 0.3 is 0 Å². The molecule has 0 aromatic heterocycles. The van der Waals surface area contributed by atoms with Gasteiger partial charge in [0, 0.05) is 5.69 Å². The Kier molecular flexibility index (Phi) is 3.25. The summed E-state index contributed by atoms with van der Waals surface area (Å²) in [6.07, 6.45) is 3.26. The van der Waals surface area contributed by atoms with E-state index in [9.17, 15) is 4.79 Å². The predicted octanol–water partition coefficient (Wildman–Crippen LogP) is 2.63. The van der Waals surface area contributed by atoms with E-state index in [0.29, 0.717) is 12.2 Å². The van der Waals surface area contributed by atoms with E-state index in [1.807, 2.05) is 31.2 Å². The molecule has 3 heteroatoms. The minimum atomic E-state index is -0.0662. The number of hydrogen-bond donors (Lipinski definition) is 1. The maximum atomic E-state index is 11.8. The lowest BCUT2D eigenvalue weighted by Crippen LogP contribution is -2.17. The fraction of sp³-hybridized carbons (Fsp3) is 0.308. The van der Waals surface area contributed by atoms with Crippen LogP contribution in [-0.2, 0) is 9.53 Å². The largest absolute Gasteiger partial charge is 0.501 e. The van der Waals surface area contributed by atoms with Crippen molar-refractivity contribution in [2.24, 2.45) is 0 Å². The fourth-order valence-electron chi connectivity index (χ4n) is 1.58. The number of anilines is 1. The van der Waals surface area contributed by atoms with E-state index in [1.165, 1.54) is 5.56 Å². The Morgan fingerprint density at radius 2 is 2.06 bits per heavy atom. The number of carbonyl (C=O) groups is 1. The zero-order valence-corrected chi connectivity index (χ0v) is 9.32. The molecule has 1 amide bonds. The van der Waals surface area contributed by atoms with Crippen molar-refractivity contribution >= 4 is 11.6 Å². The molecular weight excluding hydrogens is 202 g/mol. The Morgan fingerprint density at radius 1 is 1.31 bits per heavy atom. The zero-order valence-electron chi connectivity index (χ0n) is 9.32. The summed E-state index contributed by atoms with van der Waals surface area (Å²) in [6.45, 7) is 2.73. The van der Waals surface area contributed by atoms with Gasteiger partial charge in [0.2, 0.25) is 0 Å². The van der Waals surface area contributed by atoms with Crippen molar-refractivity contribution in [1.82, 2.24) is 0 Å². The summed E-state index contributed by atoms with van der Waals surface area (Å²) in [5.41, 5.74) is 2.71. The van der Waals surface area contributed by atoms with Crippen LogP contribution < -0.4 is 5.32 Å². The molecular formula is C13H15NO2. The number of amides is 1. The molecule has 3 nitrogen and oxygen atoms in total. The van der Waals surface area contributed by atoms with Crippen LogP contribution in [0.4, 0.5) is 5.69 Å². The number of rotatable bonds is 2. The lowest BCUT2D eigenvalue weighted by atomic mass is 10.1. The van der Waals surface area contributed by atoms with Crippen LogP contribution in [0.3, 0.4) is 0 Å². The van der Waals surface area contributed by atoms with Crippen LogP contribution in [0.15, 0.2) is 36.1 Å². The van der Waals surface area contributed by atoms with Gasteiger partial charge in [-0.05, 0) is 31.9 Å².